The second-order valence-electron chi connectivity index (χ2n) is 4.24. The Morgan fingerprint density at radius 1 is 1.25 bits per heavy atom. The highest BCUT2D eigenvalue weighted by molar-refractivity contribution is 6.29. The van der Waals surface area contributed by atoms with Crippen LogP contribution in [0.5, 0.6) is 0 Å². The van der Waals surface area contributed by atoms with Gasteiger partial charge in [-0.2, -0.15) is 0 Å². The van der Waals surface area contributed by atoms with E-state index in [0.717, 1.165) is 11.1 Å². The van der Waals surface area contributed by atoms with Gasteiger partial charge >= 0.3 is 0 Å². The monoisotopic (exact) mass is 287 g/mol. The molecule has 2 heterocycles. The van der Waals surface area contributed by atoms with E-state index >= 15 is 0 Å². The maximum Gasteiger partial charge on any atom is 0.164 e. The average molecular weight is 288 g/mol. The number of hydrogen-bond acceptors (Lipinski definition) is 3. The molecule has 0 unspecified atom stereocenters. The molecule has 4 nitrogen and oxygen atoms in total. The van der Waals surface area contributed by atoms with E-state index in [2.05, 4.69) is 21.2 Å². The number of aryl methyl sites for hydroxylation is 1. The van der Waals surface area contributed by atoms with Crippen molar-refractivity contribution in [1.29, 1.82) is 0 Å². The van der Waals surface area contributed by atoms with E-state index in [0.29, 0.717) is 16.5 Å². The van der Waals surface area contributed by atoms with Crippen molar-refractivity contribution in [2.75, 3.05) is 0 Å². The van der Waals surface area contributed by atoms with Crippen LogP contribution in [-0.4, -0.2) is 19.7 Å². The summed E-state index contributed by atoms with van der Waals surface area (Å²) in [6, 6.07) is 9.14. The largest absolute Gasteiger partial charge is 0.317 e. The fourth-order valence-corrected chi connectivity index (χ4v) is 2.14. The number of nitrogens with zero attached hydrogens (tertiary/aromatic N) is 4. The molecule has 3 rings (SSSR count). The van der Waals surface area contributed by atoms with Gasteiger partial charge in [-0.15, -0.1) is 10.2 Å². The lowest BCUT2D eigenvalue weighted by Gasteiger charge is -2.09. The Balaban J connectivity index is 2.24. The van der Waals surface area contributed by atoms with Crippen LogP contribution in [0.4, 0.5) is 4.39 Å². The van der Waals surface area contributed by atoms with Gasteiger partial charge in [0, 0.05) is 24.9 Å². The molecule has 0 fully saturated rings. The Hall–Kier alpha value is -2.27. The Labute approximate surface area is 119 Å². The van der Waals surface area contributed by atoms with Crippen molar-refractivity contribution in [1.82, 2.24) is 19.7 Å². The Bertz CT molecular complexity index is 769. The van der Waals surface area contributed by atoms with Crippen LogP contribution in [0.15, 0.2) is 36.8 Å². The first-order chi connectivity index (χ1) is 9.65. The summed E-state index contributed by atoms with van der Waals surface area (Å²) in [6.07, 6.45) is 3.05. The molecule has 0 aliphatic rings. The number of pyridine rings is 1. The van der Waals surface area contributed by atoms with Crippen molar-refractivity contribution in [3.05, 3.63) is 53.8 Å². The maximum absolute atomic E-state index is 13.6. The molecule has 0 aliphatic heterocycles. The zero-order chi connectivity index (χ0) is 14.1. The second kappa shape index (κ2) is 5.02. The summed E-state index contributed by atoms with van der Waals surface area (Å²) in [6.45, 7) is 0. The Kier molecular flexibility index (Phi) is 3.20. The van der Waals surface area contributed by atoms with Gasteiger partial charge in [0.25, 0.3) is 0 Å². The van der Waals surface area contributed by atoms with Crippen molar-refractivity contribution in [3.8, 4) is 22.5 Å². The third-order valence-electron chi connectivity index (χ3n) is 2.90. The molecule has 0 saturated carbocycles. The summed E-state index contributed by atoms with van der Waals surface area (Å²) in [5.41, 5.74) is 2.12. The summed E-state index contributed by atoms with van der Waals surface area (Å²) in [7, 11) is 1.80. The molecular weight excluding hydrogens is 279 g/mol. The Morgan fingerprint density at radius 2 is 2.10 bits per heavy atom. The van der Waals surface area contributed by atoms with Crippen molar-refractivity contribution in [2.45, 2.75) is 0 Å². The molecule has 0 aliphatic carbocycles. The van der Waals surface area contributed by atoms with Gasteiger partial charge in [-0.1, -0.05) is 17.7 Å². The van der Waals surface area contributed by atoms with E-state index in [9.17, 15) is 4.39 Å². The van der Waals surface area contributed by atoms with Crippen LogP contribution >= 0.6 is 11.6 Å². The normalized spacial score (nSPS) is 10.8. The number of aromatic nitrogens is 4. The standard InChI is InChI=1S/C14H9ClFN4/c1-20-8-18-19-14(20)12-7-10(16)2-3-11(12)9-4-5-17-13(15)6-9/h2-3,5-8H,1H3. The van der Waals surface area contributed by atoms with Gasteiger partial charge in [0.05, 0.1) is 0 Å². The van der Waals surface area contributed by atoms with Gasteiger partial charge in [0.15, 0.2) is 5.82 Å². The zero-order valence-corrected chi connectivity index (χ0v) is 11.3. The van der Waals surface area contributed by atoms with E-state index in [-0.39, 0.29) is 5.82 Å². The molecule has 0 spiro atoms. The van der Waals surface area contributed by atoms with E-state index in [1.54, 1.807) is 30.1 Å². The fraction of sp³-hybridized carbons (Fsp3) is 0.0714. The van der Waals surface area contributed by atoms with Gasteiger partial charge < -0.3 is 4.57 Å². The first-order valence-corrected chi connectivity index (χ1v) is 6.20. The van der Waals surface area contributed by atoms with E-state index in [4.69, 9.17) is 11.6 Å². The van der Waals surface area contributed by atoms with Gasteiger partial charge in [-0.25, -0.2) is 9.37 Å². The molecule has 0 bridgehead atoms. The lowest BCUT2D eigenvalue weighted by molar-refractivity contribution is 0.628. The van der Waals surface area contributed by atoms with Crippen LogP contribution in [0.3, 0.4) is 0 Å². The molecule has 1 radical (unpaired) electrons. The van der Waals surface area contributed by atoms with Crippen molar-refractivity contribution >= 4 is 11.6 Å². The first-order valence-electron chi connectivity index (χ1n) is 5.82. The fourth-order valence-electron chi connectivity index (χ4n) is 1.98. The number of halogens is 2. The quantitative estimate of drug-likeness (QED) is 0.680. The van der Waals surface area contributed by atoms with Crippen LogP contribution < -0.4 is 0 Å². The predicted molar refractivity (Wildman–Crippen MR) is 73.5 cm³/mol. The van der Waals surface area contributed by atoms with E-state index < -0.39 is 0 Å². The summed E-state index contributed by atoms with van der Waals surface area (Å²) in [4.78, 5) is 3.90. The lowest BCUT2D eigenvalue weighted by atomic mass is 10.00. The van der Waals surface area contributed by atoms with E-state index in [1.807, 2.05) is 0 Å². The summed E-state index contributed by atoms with van der Waals surface area (Å²) in [5.74, 6) is 0.229. The number of rotatable bonds is 2. The van der Waals surface area contributed by atoms with Crippen molar-refractivity contribution in [2.24, 2.45) is 7.05 Å². The molecule has 6 heteroatoms. The Morgan fingerprint density at radius 3 is 2.80 bits per heavy atom. The predicted octanol–water partition coefficient (Wildman–Crippen LogP) is 3.14. The van der Waals surface area contributed by atoms with Gasteiger partial charge in [0.1, 0.15) is 17.3 Å². The maximum atomic E-state index is 13.6. The van der Waals surface area contributed by atoms with Crippen LogP contribution in [0.2, 0.25) is 5.15 Å². The SMILES string of the molecule is Cn1cnnc1-c1cc(F)ccc1-c1[c]cnc(Cl)c1. The molecule has 1 aromatic carbocycles. The van der Waals surface area contributed by atoms with E-state index in [1.165, 1.54) is 18.3 Å². The second-order valence-corrected chi connectivity index (χ2v) is 4.63. The molecule has 20 heavy (non-hydrogen) atoms. The molecule has 0 amide bonds. The van der Waals surface area contributed by atoms with Crippen LogP contribution in [0.1, 0.15) is 0 Å². The van der Waals surface area contributed by atoms with Crippen molar-refractivity contribution in [3.63, 3.8) is 0 Å². The molecular formula is C14H9ClFN4. The summed E-state index contributed by atoms with van der Waals surface area (Å²) < 4.78 is 15.3. The molecule has 99 valence electrons. The molecule has 0 saturated heterocycles. The van der Waals surface area contributed by atoms with Crippen LogP contribution in [0, 0.1) is 11.9 Å². The van der Waals surface area contributed by atoms with Gasteiger partial charge in [-0.05, 0) is 29.3 Å². The van der Waals surface area contributed by atoms with Gasteiger partial charge in [0.2, 0.25) is 0 Å². The molecule has 0 N–H and O–H groups in total. The zero-order valence-electron chi connectivity index (χ0n) is 10.5. The smallest absolute Gasteiger partial charge is 0.164 e. The van der Waals surface area contributed by atoms with Crippen molar-refractivity contribution < 1.29 is 4.39 Å². The summed E-state index contributed by atoms with van der Waals surface area (Å²) in [5, 5.41) is 8.20. The minimum atomic E-state index is -0.341. The highest BCUT2D eigenvalue weighted by Gasteiger charge is 2.13. The lowest BCUT2D eigenvalue weighted by Crippen LogP contribution is -1.95. The third-order valence-corrected chi connectivity index (χ3v) is 3.10. The average Bonchev–Trinajstić information content (AvgIpc) is 2.85. The van der Waals surface area contributed by atoms with Crippen LogP contribution in [-0.2, 0) is 7.05 Å². The minimum absolute atomic E-state index is 0.341. The third kappa shape index (κ3) is 2.28. The summed E-state index contributed by atoms with van der Waals surface area (Å²) >= 11 is 5.90. The molecule has 3 aromatic rings. The highest BCUT2D eigenvalue weighted by atomic mass is 35.5. The first kappa shape index (κ1) is 12.7. The van der Waals surface area contributed by atoms with Gasteiger partial charge in [-0.3, -0.25) is 0 Å². The number of hydrogen-bond donors (Lipinski definition) is 0. The molecule has 2 aromatic heterocycles. The minimum Gasteiger partial charge on any atom is -0.317 e. The topological polar surface area (TPSA) is 43.6 Å². The van der Waals surface area contributed by atoms with Crippen LogP contribution in [0.25, 0.3) is 22.5 Å². The molecule has 0 atom stereocenters. The number of benzene rings is 1. The highest BCUT2D eigenvalue weighted by Crippen LogP contribution is 2.31.